The Morgan fingerprint density at radius 1 is 1.31 bits per heavy atom. The number of aromatic nitrogens is 6. The minimum Gasteiger partial charge on any atom is -0.281 e. The number of H-pyrrole nitrogens is 2. The predicted octanol–water partition coefficient (Wildman–Crippen LogP) is 0.885. The van der Waals surface area contributed by atoms with Gasteiger partial charge >= 0.3 is 0 Å². The van der Waals surface area contributed by atoms with E-state index >= 15 is 0 Å². The molecule has 2 atom stereocenters. The van der Waals surface area contributed by atoms with Crippen LogP contribution in [0.15, 0.2) is 0 Å². The fraction of sp³-hybridized carbons (Fsp3) is 0.600. The van der Waals surface area contributed by atoms with Crippen LogP contribution in [0.5, 0.6) is 0 Å². The van der Waals surface area contributed by atoms with Gasteiger partial charge in [0.05, 0.1) is 0 Å². The average Bonchev–Trinajstić information content (AvgIpc) is 2.79. The summed E-state index contributed by atoms with van der Waals surface area (Å²) in [5.74, 6) is 2.01. The number of aromatic amines is 2. The third kappa shape index (κ3) is 0.797. The van der Waals surface area contributed by atoms with Crippen molar-refractivity contribution in [2.24, 2.45) is 11.3 Å². The highest BCUT2D eigenvalue weighted by molar-refractivity contribution is 5.60. The second-order valence-electron chi connectivity index (χ2n) is 5.31. The molecule has 1 saturated carbocycles. The number of tetrazole rings is 1. The molecule has 1 fully saturated rings. The number of nitrogens with one attached hydrogen (secondary N) is 2. The molecule has 2 aromatic rings. The van der Waals surface area contributed by atoms with Gasteiger partial charge in [0.1, 0.15) is 5.69 Å². The second kappa shape index (κ2) is 2.34. The fourth-order valence-corrected chi connectivity index (χ4v) is 3.21. The molecule has 0 aromatic carbocycles. The predicted molar refractivity (Wildman–Crippen MR) is 55.5 cm³/mol. The fourth-order valence-electron chi connectivity index (χ4n) is 3.21. The van der Waals surface area contributed by atoms with Crippen molar-refractivity contribution in [2.75, 3.05) is 0 Å². The van der Waals surface area contributed by atoms with E-state index in [1.54, 1.807) is 0 Å². The van der Waals surface area contributed by atoms with Crippen LogP contribution in [-0.2, 0) is 6.42 Å². The zero-order chi connectivity index (χ0) is 10.9. The summed E-state index contributed by atoms with van der Waals surface area (Å²) in [7, 11) is 0. The van der Waals surface area contributed by atoms with Crippen molar-refractivity contribution < 1.29 is 0 Å². The Bertz CT molecular complexity index is 552. The van der Waals surface area contributed by atoms with E-state index in [1.807, 2.05) is 0 Å². The Hall–Kier alpha value is -1.72. The summed E-state index contributed by atoms with van der Waals surface area (Å²) in [4.78, 5) is 0. The highest BCUT2D eigenvalue weighted by atomic mass is 15.5. The number of nitrogens with zero attached hydrogens (tertiary/aromatic N) is 4. The lowest BCUT2D eigenvalue weighted by Crippen LogP contribution is -2.00. The molecule has 2 N–H and O–H groups in total. The lowest BCUT2D eigenvalue weighted by molar-refractivity contribution is 0.539. The van der Waals surface area contributed by atoms with Crippen LogP contribution in [0.2, 0.25) is 0 Å². The van der Waals surface area contributed by atoms with Crippen LogP contribution in [0, 0.1) is 11.3 Å². The lowest BCUT2D eigenvalue weighted by Gasteiger charge is -2.06. The van der Waals surface area contributed by atoms with Crippen molar-refractivity contribution in [2.45, 2.75) is 26.2 Å². The van der Waals surface area contributed by atoms with Gasteiger partial charge in [0.25, 0.3) is 0 Å². The highest BCUT2D eigenvalue weighted by Crippen LogP contribution is 2.70. The normalized spacial score (nSPS) is 28.9. The van der Waals surface area contributed by atoms with Crippen molar-refractivity contribution in [3.63, 3.8) is 0 Å². The van der Waals surface area contributed by atoms with E-state index in [0.29, 0.717) is 17.2 Å². The molecular formula is C10H12N6. The van der Waals surface area contributed by atoms with Gasteiger partial charge in [-0.3, -0.25) is 5.10 Å². The smallest absolute Gasteiger partial charge is 0.225 e. The molecule has 2 aromatic heterocycles. The van der Waals surface area contributed by atoms with E-state index in [9.17, 15) is 0 Å². The minimum atomic E-state index is 0.439. The van der Waals surface area contributed by atoms with Crippen molar-refractivity contribution in [1.82, 2.24) is 30.8 Å². The van der Waals surface area contributed by atoms with Gasteiger partial charge in [-0.15, -0.1) is 10.2 Å². The van der Waals surface area contributed by atoms with Crippen LogP contribution in [0.3, 0.4) is 0 Å². The number of hydrogen-bond donors (Lipinski definition) is 2. The van der Waals surface area contributed by atoms with E-state index < -0.39 is 0 Å². The van der Waals surface area contributed by atoms with E-state index in [2.05, 4.69) is 44.7 Å². The Balaban J connectivity index is 1.83. The topological polar surface area (TPSA) is 83.1 Å². The first kappa shape index (κ1) is 8.43. The zero-order valence-electron chi connectivity index (χ0n) is 9.15. The van der Waals surface area contributed by atoms with Gasteiger partial charge in [0, 0.05) is 17.2 Å². The van der Waals surface area contributed by atoms with Crippen molar-refractivity contribution >= 4 is 0 Å². The second-order valence-corrected chi connectivity index (χ2v) is 5.31. The quantitative estimate of drug-likeness (QED) is 0.741. The molecule has 2 aliphatic rings. The maximum absolute atomic E-state index is 4.31. The van der Waals surface area contributed by atoms with E-state index in [0.717, 1.165) is 18.0 Å². The maximum atomic E-state index is 4.31. The van der Waals surface area contributed by atoms with Crippen LogP contribution in [0.25, 0.3) is 11.5 Å². The molecule has 2 heterocycles. The van der Waals surface area contributed by atoms with Gasteiger partial charge in [-0.1, -0.05) is 13.8 Å². The molecule has 4 rings (SSSR count). The average molecular weight is 216 g/mol. The molecule has 0 saturated heterocycles. The van der Waals surface area contributed by atoms with E-state index in [1.165, 1.54) is 11.3 Å². The monoisotopic (exact) mass is 216 g/mol. The molecule has 6 nitrogen and oxygen atoms in total. The van der Waals surface area contributed by atoms with Crippen LogP contribution in [-0.4, -0.2) is 30.8 Å². The van der Waals surface area contributed by atoms with Gasteiger partial charge in [0.15, 0.2) is 0 Å². The summed E-state index contributed by atoms with van der Waals surface area (Å²) < 4.78 is 0. The Morgan fingerprint density at radius 3 is 2.94 bits per heavy atom. The SMILES string of the molecule is CC1(C)C2Cc3c(-c4nn[nH]n4)n[nH]c3C21. The van der Waals surface area contributed by atoms with E-state index in [-0.39, 0.29) is 0 Å². The van der Waals surface area contributed by atoms with E-state index in [4.69, 9.17) is 0 Å². The Morgan fingerprint density at radius 2 is 2.19 bits per heavy atom. The molecule has 0 bridgehead atoms. The summed E-state index contributed by atoms with van der Waals surface area (Å²) in [6.45, 7) is 4.64. The largest absolute Gasteiger partial charge is 0.281 e. The summed E-state index contributed by atoms with van der Waals surface area (Å²) >= 11 is 0. The number of hydrogen-bond acceptors (Lipinski definition) is 4. The molecular weight excluding hydrogens is 204 g/mol. The van der Waals surface area contributed by atoms with Crippen molar-refractivity contribution in [1.29, 1.82) is 0 Å². The lowest BCUT2D eigenvalue weighted by atomic mass is 9.98. The molecule has 6 heteroatoms. The summed E-state index contributed by atoms with van der Waals surface area (Å²) in [5.41, 5.74) is 3.88. The van der Waals surface area contributed by atoms with Gasteiger partial charge in [-0.2, -0.15) is 10.3 Å². The first-order chi connectivity index (χ1) is 7.69. The molecule has 0 spiro atoms. The summed E-state index contributed by atoms with van der Waals surface area (Å²) in [6, 6.07) is 0. The molecule has 0 radical (unpaired) electrons. The van der Waals surface area contributed by atoms with Crippen molar-refractivity contribution in [3.05, 3.63) is 11.3 Å². The van der Waals surface area contributed by atoms with Crippen molar-refractivity contribution in [3.8, 4) is 11.5 Å². The van der Waals surface area contributed by atoms with Crippen LogP contribution < -0.4 is 0 Å². The Labute approximate surface area is 91.8 Å². The van der Waals surface area contributed by atoms with Crippen LogP contribution in [0.1, 0.15) is 31.0 Å². The van der Waals surface area contributed by atoms with Gasteiger partial charge in [-0.05, 0) is 23.0 Å². The van der Waals surface area contributed by atoms with Gasteiger partial charge in [0.2, 0.25) is 5.82 Å². The maximum Gasteiger partial charge on any atom is 0.225 e. The molecule has 2 aliphatic carbocycles. The minimum absolute atomic E-state index is 0.439. The summed E-state index contributed by atoms with van der Waals surface area (Å²) in [5, 5.41) is 21.5. The third-order valence-corrected chi connectivity index (χ3v) is 4.24. The van der Waals surface area contributed by atoms with Crippen LogP contribution in [0.4, 0.5) is 0 Å². The standard InChI is InChI=1S/C10H12N6/c1-10(2)5-3-4-7(6(5)10)11-12-8(4)9-13-15-16-14-9/h5-6H,3H2,1-2H3,(H,11,12)(H,13,14,15,16). The highest BCUT2D eigenvalue weighted by Gasteiger charge is 2.63. The number of fused-ring (bicyclic) bond motifs is 3. The van der Waals surface area contributed by atoms with Crippen LogP contribution >= 0.6 is 0 Å². The zero-order valence-corrected chi connectivity index (χ0v) is 9.15. The first-order valence-electron chi connectivity index (χ1n) is 5.50. The summed E-state index contributed by atoms with van der Waals surface area (Å²) in [6.07, 6.45) is 1.09. The molecule has 82 valence electrons. The Kier molecular flexibility index (Phi) is 1.23. The van der Waals surface area contributed by atoms with Gasteiger partial charge in [-0.25, -0.2) is 0 Å². The first-order valence-corrected chi connectivity index (χ1v) is 5.50. The molecule has 16 heavy (non-hydrogen) atoms. The number of rotatable bonds is 1. The van der Waals surface area contributed by atoms with Gasteiger partial charge < -0.3 is 0 Å². The third-order valence-electron chi connectivity index (χ3n) is 4.24. The molecule has 0 amide bonds. The molecule has 0 aliphatic heterocycles. The molecule has 2 unspecified atom stereocenters.